The number of alkyl halides is 3. The molecule has 120 valence electrons. The van der Waals surface area contributed by atoms with E-state index in [0.29, 0.717) is 5.69 Å². The van der Waals surface area contributed by atoms with E-state index >= 15 is 0 Å². The summed E-state index contributed by atoms with van der Waals surface area (Å²) in [6.45, 7) is 0. The third kappa shape index (κ3) is 4.70. The van der Waals surface area contributed by atoms with Crippen LogP contribution in [0.5, 0.6) is 5.75 Å². The minimum atomic E-state index is -5.02. The number of benzene rings is 2. The van der Waals surface area contributed by atoms with Crippen molar-refractivity contribution in [3.63, 3.8) is 0 Å². The van der Waals surface area contributed by atoms with Gasteiger partial charge in [0.2, 0.25) is 5.75 Å². The lowest BCUT2D eigenvalue weighted by Gasteiger charge is -2.09. The van der Waals surface area contributed by atoms with Crippen LogP contribution in [0.1, 0.15) is 5.56 Å². The fourth-order valence-corrected chi connectivity index (χ4v) is 1.73. The Morgan fingerprint density at radius 1 is 1.13 bits per heavy atom. The van der Waals surface area contributed by atoms with Gasteiger partial charge in [0.1, 0.15) is 0 Å². The van der Waals surface area contributed by atoms with E-state index in [1.807, 2.05) is 0 Å². The van der Waals surface area contributed by atoms with E-state index in [4.69, 9.17) is 0 Å². The van der Waals surface area contributed by atoms with Crippen molar-refractivity contribution in [3.8, 4) is 5.75 Å². The standard InChI is InChI=1S/C14H10F3N3O3/c15-14(16,17)23-12-8-4-5-10(13(12)20(21)22)9-18-19-11-6-2-1-3-7-11/h1-9,19H. The molecule has 6 nitrogen and oxygen atoms in total. The largest absolute Gasteiger partial charge is 0.573 e. The van der Waals surface area contributed by atoms with Gasteiger partial charge in [0, 0.05) is 0 Å². The summed E-state index contributed by atoms with van der Waals surface area (Å²) in [5.74, 6) is -0.897. The van der Waals surface area contributed by atoms with Crippen LogP contribution < -0.4 is 10.2 Å². The van der Waals surface area contributed by atoms with Crippen LogP contribution >= 0.6 is 0 Å². The van der Waals surface area contributed by atoms with Crippen molar-refractivity contribution in [2.45, 2.75) is 6.36 Å². The Morgan fingerprint density at radius 3 is 2.43 bits per heavy atom. The Morgan fingerprint density at radius 2 is 1.83 bits per heavy atom. The first kappa shape index (κ1) is 16.3. The van der Waals surface area contributed by atoms with Gasteiger partial charge < -0.3 is 4.74 Å². The maximum Gasteiger partial charge on any atom is 0.573 e. The lowest BCUT2D eigenvalue weighted by molar-refractivity contribution is -0.388. The molecule has 0 atom stereocenters. The van der Waals surface area contributed by atoms with Gasteiger partial charge in [0.25, 0.3) is 0 Å². The molecule has 1 N–H and O–H groups in total. The molecule has 0 aliphatic carbocycles. The molecule has 0 unspecified atom stereocenters. The minimum absolute atomic E-state index is 0.125. The summed E-state index contributed by atoms with van der Waals surface area (Å²) in [4.78, 5) is 10.1. The second kappa shape index (κ2) is 6.77. The minimum Gasteiger partial charge on any atom is -0.398 e. The third-order valence-corrected chi connectivity index (χ3v) is 2.61. The van der Waals surface area contributed by atoms with Crippen molar-refractivity contribution >= 4 is 17.6 Å². The van der Waals surface area contributed by atoms with E-state index in [1.54, 1.807) is 30.3 Å². The van der Waals surface area contributed by atoms with Crippen LogP contribution in [0.25, 0.3) is 0 Å². The van der Waals surface area contributed by atoms with Crippen LogP contribution in [0.4, 0.5) is 24.5 Å². The van der Waals surface area contributed by atoms with E-state index in [2.05, 4.69) is 15.3 Å². The monoisotopic (exact) mass is 325 g/mol. The maximum atomic E-state index is 12.3. The van der Waals surface area contributed by atoms with Gasteiger partial charge in [-0.25, -0.2) is 0 Å². The summed E-state index contributed by atoms with van der Waals surface area (Å²) < 4.78 is 40.6. The first-order valence-electron chi connectivity index (χ1n) is 6.24. The van der Waals surface area contributed by atoms with Crippen molar-refractivity contribution < 1.29 is 22.8 Å². The van der Waals surface area contributed by atoms with E-state index in [9.17, 15) is 23.3 Å². The number of para-hydroxylation sites is 2. The van der Waals surface area contributed by atoms with Crippen LogP contribution in [0.3, 0.4) is 0 Å². The summed E-state index contributed by atoms with van der Waals surface area (Å²) in [6.07, 6.45) is -3.98. The lowest BCUT2D eigenvalue weighted by Crippen LogP contribution is -2.18. The highest BCUT2D eigenvalue weighted by Crippen LogP contribution is 2.34. The molecule has 0 radical (unpaired) electrons. The number of ether oxygens (including phenoxy) is 1. The van der Waals surface area contributed by atoms with Crippen molar-refractivity contribution in [2.75, 3.05) is 5.43 Å². The predicted octanol–water partition coefficient (Wildman–Crippen LogP) is 3.94. The molecule has 2 aromatic rings. The number of nitro benzene ring substituents is 1. The summed E-state index contributed by atoms with van der Waals surface area (Å²) >= 11 is 0. The third-order valence-electron chi connectivity index (χ3n) is 2.61. The Bertz CT molecular complexity index is 718. The molecule has 0 spiro atoms. The quantitative estimate of drug-likeness (QED) is 0.513. The number of rotatable bonds is 5. The van der Waals surface area contributed by atoms with Crippen molar-refractivity contribution in [2.24, 2.45) is 5.10 Å². The molecule has 0 saturated heterocycles. The van der Waals surface area contributed by atoms with Crippen molar-refractivity contribution in [1.82, 2.24) is 0 Å². The molecular weight excluding hydrogens is 315 g/mol. The highest BCUT2D eigenvalue weighted by Gasteiger charge is 2.35. The molecule has 0 aromatic heterocycles. The van der Waals surface area contributed by atoms with Gasteiger partial charge in [-0.1, -0.05) is 24.3 Å². The molecule has 0 bridgehead atoms. The van der Waals surface area contributed by atoms with Crippen molar-refractivity contribution in [3.05, 3.63) is 64.2 Å². The van der Waals surface area contributed by atoms with Gasteiger partial charge in [0.05, 0.1) is 22.4 Å². The number of nitro groups is 1. The summed E-state index contributed by atoms with van der Waals surface area (Å²) in [7, 11) is 0. The highest BCUT2D eigenvalue weighted by atomic mass is 19.4. The van der Waals surface area contributed by atoms with Gasteiger partial charge in [-0.15, -0.1) is 13.2 Å². The van der Waals surface area contributed by atoms with E-state index < -0.39 is 22.7 Å². The topological polar surface area (TPSA) is 76.8 Å². The van der Waals surface area contributed by atoms with Gasteiger partial charge >= 0.3 is 12.0 Å². The van der Waals surface area contributed by atoms with Gasteiger partial charge in [-0.05, 0) is 24.3 Å². The number of nitrogens with zero attached hydrogens (tertiary/aromatic N) is 2. The number of anilines is 1. The van der Waals surface area contributed by atoms with Crippen LogP contribution in [-0.4, -0.2) is 17.5 Å². The molecule has 2 aromatic carbocycles. The van der Waals surface area contributed by atoms with E-state index in [0.717, 1.165) is 12.3 Å². The number of hydrazone groups is 1. The maximum absolute atomic E-state index is 12.3. The number of halogens is 3. The average Bonchev–Trinajstić information content (AvgIpc) is 2.46. The summed E-state index contributed by atoms with van der Waals surface area (Å²) in [5, 5.41) is 14.8. The molecule has 0 heterocycles. The molecule has 23 heavy (non-hydrogen) atoms. The SMILES string of the molecule is O=[N+]([O-])c1c(C=NNc2ccccc2)cccc1OC(F)(F)F. The van der Waals surface area contributed by atoms with Gasteiger partial charge in [-0.3, -0.25) is 15.5 Å². The highest BCUT2D eigenvalue weighted by molar-refractivity contribution is 5.87. The molecule has 0 saturated carbocycles. The normalized spacial score (nSPS) is 11.4. The molecule has 0 aliphatic heterocycles. The molecule has 0 amide bonds. The van der Waals surface area contributed by atoms with Crippen LogP contribution in [0, 0.1) is 10.1 Å². The van der Waals surface area contributed by atoms with Crippen LogP contribution in [0.15, 0.2) is 53.6 Å². The number of hydrogen-bond donors (Lipinski definition) is 1. The smallest absolute Gasteiger partial charge is 0.398 e. The van der Waals surface area contributed by atoms with Crippen molar-refractivity contribution in [1.29, 1.82) is 0 Å². The van der Waals surface area contributed by atoms with Gasteiger partial charge in [0.15, 0.2) is 0 Å². The number of hydrogen-bond acceptors (Lipinski definition) is 5. The second-order valence-electron chi connectivity index (χ2n) is 4.23. The summed E-state index contributed by atoms with van der Waals surface area (Å²) in [6, 6.07) is 12.0. The van der Waals surface area contributed by atoms with Crippen LogP contribution in [-0.2, 0) is 0 Å². The molecule has 0 aliphatic rings. The summed E-state index contributed by atoms with van der Waals surface area (Å²) in [5.41, 5.74) is 2.29. The zero-order valence-electron chi connectivity index (χ0n) is 11.4. The average molecular weight is 325 g/mol. The first-order chi connectivity index (χ1) is 10.9. The zero-order chi connectivity index (χ0) is 16.9. The molecule has 9 heteroatoms. The Hall–Kier alpha value is -3.10. The fourth-order valence-electron chi connectivity index (χ4n) is 1.73. The fraction of sp³-hybridized carbons (Fsp3) is 0.0714. The van der Waals surface area contributed by atoms with Gasteiger partial charge in [-0.2, -0.15) is 5.10 Å². The second-order valence-corrected chi connectivity index (χ2v) is 4.23. The molecule has 2 rings (SSSR count). The predicted molar refractivity (Wildman–Crippen MR) is 77.4 cm³/mol. The van der Waals surface area contributed by atoms with Crippen LogP contribution in [0.2, 0.25) is 0 Å². The van der Waals surface area contributed by atoms with E-state index in [-0.39, 0.29) is 5.56 Å². The Balaban J connectivity index is 2.27. The Kier molecular flexibility index (Phi) is 4.79. The zero-order valence-corrected chi connectivity index (χ0v) is 11.4. The molecular formula is C14H10F3N3O3. The Labute approximate surface area is 128 Å². The lowest BCUT2D eigenvalue weighted by atomic mass is 10.2. The first-order valence-corrected chi connectivity index (χ1v) is 6.24. The molecule has 0 fully saturated rings. The van der Waals surface area contributed by atoms with E-state index in [1.165, 1.54) is 12.1 Å². The number of nitrogens with one attached hydrogen (secondary N) is 1.